The van der Waals surface area contributed by atoms with Gasteiger partial charge in [0.25, 0.3) is 0 Å². The molecule has 0 radical (unpaired) electrons. The van der Waals surface area contributed by atoms with Crippen molar-refractivity contribution >= 4 is 23.4 Å². The van der Waals surface area contributed by atoms with Crippen molar-refractivity contribution in [3.8, 4) is 5.69 Å². The number of amides is 2. The minimum absolute atomic E-state index is 0.0316. The second-order valence-corrected chi connectivity index (χ2v) is 7.65. The van der Waals surface area contributed by atoms with E-state index in [0.29, 0.717) is 43.9 Å². The van der Waals surface area contributed by atoms with Crippen LogP contribution in [0, 0.1) is 5.92 Å². The lowest BCUT2D eigenvalue weighted by Gasteiger charge is -2.33. The molecule has 3 heterocycles. The van der Waals surface area contributed by atoms with E-state index in [1.54, 1.807) is 14.5 Å². The number of Topliss-reactive ketones (excluding diaryl/α,β-unsaturated/α-hetero) is 1. The summed E-state index contributed by atoms with van der Waals surface area (Å²) in [7, 11) is 0. The number of hydrogen-bond donors (Lipinski definition) is 1. The standard InChI is InChI=1S/C21H25N5O3/c22-21-17(12-23-26(21)16-7-2-1-3-8-16)20(29)15-6-4-10-24(13-15)19(28)14-25-11-5-9-18(25)27/h1-3,7-8,12,15H,4-6,9-11,13-14,22H2/t15-/m0/s1. The minimum Gasteiger partial charge on any atom is -0.383 e. The molecule has 8 nitrogen and oxygen atoms in total. The van der Waals surface area contributed by atoms with Crippen LogP contribution in [0.5, 0.6) is 0 Å². The summed E-state index contributed by atoms with van der Waals surface area (Å²) in [6.45, 7) is 1.71. The van der Waals surface area contributed by atoms with Crippen LogP contribution in [0.4, 0.5) is 5.82 Å². The number of ketones is 1. The van der Waals surface area contributed by atoms with Crippen molar-refractivity contribution in [3.63, 3.8) is 0 Å². The van der Waals surface area contributed by atoms with E-state index in [-0.39, 0.29) is 30.1 Å². The van der Waals surface area contributed by atoms with Gasteiger partial charge in [0.2, 0.25) is 11.8 Å². The first-order chi connectivity index (χ1) is 14.0. The Morgan fingerprint density at radius 3 is 2.66 bits per heavy atom. The number of nitrogens with zero attached hydrogens (tertiary/aromatic N) is 4. The lowest BCUT2D eigenvalue weighted by molar-refractivity contribution is -0.139. The third-order valence-corrected chi connectivity index (χ3v) is 5.72. The van der Waals surface area contributed by atoms with Crippen molar-refractivity contribution < 1.29 is 14.4 Å². The van der Waals surface area contributed by atoms with Crippen molar-refractivity contribution in [3.05, 3.63) is 42.1 Å². The average molecular weight is 395 g/mol. The van der Waals surface area contributed by atoms with E-state index in [1.165, 1.54) is 6.20 Å². The number of nitrogen functional groups attached to an aromatic ring is 1. The number of hydrogen-bond acceptors (Lipinski definition) is 5. The van der Waals surface area contributed by atoms with Crippen LogP contribution in [-0.2, 0) is 9.59 Å². The summed E-state index contributed by atoms with van der Waals surface area (Å²) in [6, 6.07) is 9.41. The zero-order valence-electron chi connectivity index (χ0n) is 16.3. The van der Waals surface area contributed by atoms with Gasteiger partial charge in [-0.1, -0.05) is 18.2 Å². The predicted molar refractivity (Wildman–Crippen MR) is 107 cm³/mol. The fourth-order valence-corrected chi connectivity index (χ4v) is 4.09. The van der Waals surface area contributed by atoms with Crippen molar-refractivity contribution in [2.24, 2.45) is 5.92 Å². The van der Waals surface area contributed by atoms with Gasteiger partial charge >= 0.3 is 0 Å². The van der Waals surface area contributed by atoms with Crippen LogP contribution < -0.4 is 5.73 Å². The SMILES string of the molecule is Nc1c(C(=O)[C@H]2CCCN(C(=O)CN3CCCC3=O)C2)cnn1-c1ccccc1. The molecule has 1 aromatic heterocycles. The maximum Gasteiger partial charge on any atom is 0.242 e. The highest BCUT2D eigenvalue weighted by molar-refractivity contribution is 6.02. The van der Waals surface area contributed by atoms with Gasteiger partial charge in [-0.15, -0.1) is 0 Å². The largest absolute Gasteiger partial charge is 0.383 e. The summed E-state index contributed by atoms with van der Waals surface area (Å²) in [5.74, 6) is -0.140. The first-order valence-electron chi connectivity index (χ1n) is 10.0. The molecule has 1 aromatic carbocycles. The summed E-state index contributed by atoms with van der Waals surface area (Å²) >= 11 is 0. The van der Waals surface area contributed by atoms with Gasteiger partial charge < -0.3 is 15.5 Å². The molecule has 0 unspecified atom stereocenters. The molecule has 4 rings (SSSR count). The summed E-state index contributed by atoms with van der Waals surface area (Å²) < 4.78 is 1.55. The molecule has 29 heavy (non-hydrogen) atoms. The molecule has 2 N–H and O–H groups in total. The molecule has 2 aliphatic rings. The summed E-state index contributed by atoms with van der Waals surface area (Å²) in [4.78, 5) is 40.8. The Morgan fingerprint density at radius 1 is 1.14 bits per heavy atom. The molecule has 152 valence electrons. The van der Waals surface area contributed by atoms with Gasteiger partial charge in [-0.25, -0.2) is 4.68 Å². The Hall–Kier alpha value is -3.16. The van der Waals surface area contributed by atoms with Gasteiger partial charge in [-0.05, 0) is 31.4 Å². The maximum absolute atomic E-state index is 13.1. The zero-order valence-corrected chi connectivity index (χ0v) is 16.3. The van der Waals surface area contributed by atoms with E-state index in [2.05, 4.69) is 5.10 Å². The molecule has 2 fully saturated rings. The van der Waals surface area contributed by atoms with E-state index < -0.39 is 0 Å². The quantitative estimate of drug-likeness (QED) is 0.773. The normalized spacial score (nSPS) is 19.6. The number of benzene rings is 1. The number of likely N-dealkylation sites (tertiary alicyclic amines) is 2. The van der Waals surface area contributed by atoms with Crippen LogP contribution in [0.15, 0.2) is 36.5 Å². The molecule has 0 bridgehead atoms. The maximum atomic E-state index is 13.1. The second kappa shape index (κ2) is 8.06. The average Bonchev–Trinajstić information content (AvgIpc) is 3.33. The van der Waals surface area contributed by atoms with E-state index in [1.807, 2.05) is 30.3 Å². The monoisotopic (exact) mass is 395 g/mol. The number of carbonyl (C=O) groups excluding carboxylic acids is 3. The molecule has 0 aliphatic carbocycles. The Kier molecular flexibility index (Phi) is 5.33. The molecule has 0 spiro atoms. The van der Waals surface area contributed by atoms with Crippen LogP contribution in [0.3, 0.4) is 0 Å². The first-order valence-corrected chi connectivity index (χ1v) is 10.0. The van der Waals surface area contributed by atoms with Gasteiger partial charge in [0.05, 0.1) is 24.0 Å². The highest BCUT2D eigenvalue weighted by Gasteiger charge is 2.32. The lowest BCUT2D eigenvalue weighted by Crippen LogP contribution is -2.46. The highest BCUT2D eigenvalue weighted by atomic mass is 16.2. The van der Waals surface area contributed by atoms with Gasteiger partial charge in [-0.2, -0.15) is 5.10 Å². The molecule has 2 aliphatic heterocycles. The lowest BCUT2D eigenvalue weighted by atomic mass is 9.90. The van der Waals surface area contributed by atoms with Crippen molar-refractivity contribution in [1.82, 2.24) is 19.6 Å². The predicted octanol–water partition coefficient (Wildman–Crippen LogP) is 1.50. The van der Waals surface area contributed by atoms with Crippen LogP contribution in [0.25, 0.3) is 5.69 Å². The topological polar surface area (TPSA) is 102 Å². The molecule has 2 aromatic rings. The number of anilines is 1. The molecule has 8 heteroatoms. The number of para-hydroxylation sites is 1. The zero-order chi connectivity index (χ0) is 20.4. The van der Waals surface area contributed by atoms with Crippen LogP contribution in [-0.4, -0.2) is 63.4 Å². The van der Waals surface area contributed by atoms with Crippen molar-refractivity contribution in [2.75, 3.05) is 31.9 Å². The Morgan fingerprint density at radius 2 is 1.93 bits per heavy atom. The summed E-state index contributed by atoms with van der Waals surface area (Å²) in [5.41, 5.74) is 7.40. The smallest absolute Gasteiger partial charge is 0.242 e. The van der Waals surface area contributed by atoms with Gasteiger partial charge in [0.15, 0.2) is 5.78 Å². The Labute approximate surface area is 169 Å². The first kappa shape index (κ1) is 19.2. The number of aromatic nitrogens is 2. The molecule has 0 saturated carbocycles. The van der Waals surface area contributed by atoms with E-state index in [4.69, 9.17) is 5.73 Å². The Balaban J connectivity index is 1.44. The molecular weight excluding hydrogens is 370 g/mol. The fourth-order valence-electron chi connectivity index (χ4n) is 4.09. The summed E-state index contributed by atoms with van der Waals surface area (Å²) in [5, 5.41) is 4.28. The minimum atomic E-state index is -0.308. The molecule has 2 saturated heterocycles. The number of piperidine rings is 1. The van der Waals surface area contributed by atoms with Gasteiger partial charge in [0.1, 0.15) is 5.82 Å². The Bertz CT molecular complexity index is 924. The molecular formula is C21H25N5O3. The van der Waals surface area contributed by atoms with E-state index in [0.717, 1.165) is 18.5 Å². The fraction of sp³-hybridized carbons (Fsp3) is 0.429. The van der Waals surface area contributed by atoms with Crippen LogP contribution in [0.1, 0.15) is 36.0 Å². The van der Waals surface area contributed by atoms with E-state index >= 15 is 0 Å². The summed E-state index contributed by atoms with van der Waals surface area (Å²) in [6.07, 6.45) is 4.29. The van der Waals surface area contributed by atoms with E-state index in [9.17, 15) is 14.4 Å². The number of nitrogens with two attached hydrogens (primary N) is 1. The molecule has 1 atom stereocenters. The molecule has 2 amide bonds. The van der Waals surface area contributed by atoms with Gasteiger partial charge in [0, 0.05) is 32.0 Å². The second-order valence-electron chi connectivity index (χ2n) is 7.65. The third-order valence-electron chi connectivity index (χ3n) is 5.72. The number of carbonyl (C=O) groups is 3. The van der Waals surface area contributed by atoms with Gasteiger partial charge in [-0.3, -0.25) is 14.4 Å². The number of rotatable bonds is 5. The van der Waals surface area contributed by atoms with Crippen molar-refractivity contribution in [2.45, 2.75) is 25.7 Å². The third kappa shape index (κ3) is 3.87. The van der Waals surface area contributed by atoms with Crippen molar-refractivity contribution in [1.29, 1.82) is 0 Å². The van der Waals surface area contributed by atoms with Crippen LogP contribution >= 0.6 is 0 Å². The highest BCUT2D eigenvalue weighted by Crippen LogP contribution is 2.25. The van der Waals surface area contributed by atoms with Crippen LogP contribution in [0.2, 0.25) is 0 Å².